The highest BCUT2D eigenvalue weighted by Crippen LogP contribution is 2.35. The standard InChI is InChI=1S/C16H22N4O/c21-16-18-14-11-12(5-8-19-9-6-17-7-10-19)1-4-15(14)20(16)13-2-3-13/h1,4,11,13,17H,2-3,5-10H2,(H,18,21). The number of benzene rings is 1. The zero-order chi connectivity index (χ0) is 14.2. The summed E-state index contributed by atoms with van der Waals surface area (Å²) in [5.74, 6) is 0. The highest BCUT2D eigenvalue weighted by molar-refractivity contribution is 5.76. The van der Waals surface area contributed by atoms with E-state index in [2.05, 4.69) is 33.4 Å². The molecule has 0 spiro atoms. The highest BCUT2D eigenvalue weighted by Gasteiger charge is 2.27. The number of rotatable bonds is 4. The number of imidazole rings is 1. The van der Waals surface area contributed by atoms with Gasteiger partial charge in [0.25, 0.3) is 0 Å². The molecule has 2 aromatic rings. The molecule has 4 rings (SSSR count). The van der Waals surface area contributed by atoms with Crippen molar-refractivity contribution in [3.05, 3.63) is 34.2 Å². The smallest absolute Gasteiger partial charge is 0.314 e. The molecule has 1 saturated carbocycles. The Morgan fingerprint density at radius 1 is 1.19 bits per heavy atom. The number of aromatic nitrogens is 2. The molecule has 1 saturated heterocycles. The summed E-state index contributed by atoms with van der Waals surface area (Å²) in [5.41, 5.74) is 3.41. The van der Waals surface area contributed by atoms with Gasteiger partial charge in [-0.15, -0.1) is 0 Å². The van der Waals surface area contributed by atoms with Gasteiger partial charge in [0.2, 0.25) is 0 Å². The Hall–Kier alpha value is -1.59. The molecular formula is C16H22N4O. The van der Waals surface area contributed by atoms with E-state index in [0.29, 0.717) is 6.04 Å². The van der Waals surface area contributed by atoms with Crippen molar-refractivity contribution in [3.63, 3.8) is 0 Å². The molecule has 1 aliphatic carbocycles. The summed E-state index contributed by atoms with van der Waals surface area (Å²) >= 11 is 0. The molecule has 5 nitrogen and oxygen atoms in total. The van der Waals surface area contributed by atoms with Crippen molar-refractivity contribution in [3.8, 4) is 0 Å². The van der Waals surface area contributed by atoms with Crippen molar-refractivity contribution in [2.75, 3.05) is 32.7 Å². The summed E-state index contributed by atoms with van der Waals surface area (Å²) in [4.78, 5) is 17.5. The third-order valence-corrected chi connectivity index (χ3v) is 4.62. The Labute approximate surface area is 123 Å². The zero-order valence-electron chi connectivity index (χ0n) is 12.3. The van der Waals surface area contributed by atoms with E-state index >= 15 is 0 Å². The first-order chi connectivity index (χ1) is 10.3. The molecule has 1 aliphatic heterocycles. The van der Waals surface area contributed by atoms with E-state index in [4.69, 9.17) is 0 Å². The first kappa shape index (κ1) is 13.1. The molecule has 0 atom stereocenters. The quantitative estimate of drug-likeness (QED) is 0.885. The summed E-state index contributed by atoms with van der Waals surface area (Å²) in [5, 5.41) is 3.38. The molecule has 1 aromatic carbocycles. The lowest BCUT2D eigenvalue weighted by molar-refractivity contribution is 0.244. The van der Waals surface area contributed by atoms with Crippen LogP contribution in [-0.4, -0.2) is 47.2 Å². The van der Waals surface area contributed by atoms with E-state index in [1.807, 2.05) is 4.57 Å². The van der Waals surface area contributed by atoms with E-state index in [9.17, 15) is 4.79 Å². The van der Waals surface area contributed by atoms with Gasteiger partial charge in [-0.3, -0.25) is 4.57 Å². The fourth-order valence-corrected chi connectivity index (χ4v) is 3.25. The maximum absolute atomic E-state index is 12.0. The Morgan fingerprint density at radius 3 is 2.76 bits per heavy atom. The molecule has 0 unspecified atom stereocenters. The summed E-state index contributed by atoms with van der Waals surface area (Å²) < 4.78 is 1.93. The van der Waals surface area contributed by atoms with Crippen LogP contribution in [0, 0.1) is 0 Å². The van der Waals surface area contributed by atoms with Crippen LogP contribution in [0.1, 0.15) is 24.4 Å². The topological polar surface area (TPSA) is 53.1 Å². The largest absolute Gasteiger partial charge is 0.326 e. The van der Waals surface area contributed by atoms with Gasteiger partial charge in [-0.2, -0.15) is 0 Å². The number of hydrogen-bond acceptors (Lipinski definition) is 3. The fourth-order valence-electron chi connectivity index (χ4n) is 3.25. The molecule has 2 fully saturated rings. The van der Waals surface area contributed by atoms with Crippen LogP contribution in [0.5, 0.6) is 0 Å². The molecular weight excluding hydrogens is 264 g/mol. The lowest BCUT2D eigenvalue weighted by Gasteiger charge is -2.27. The highest BCUT2D eigenvalue weighted by atomic mass is 16.1. The van der Waals surface area contributed by atoms with Crippen LogP contribution in [-0.2, 0) is 6.42 Å². The molecule has 2 aliphatic rings. The third-order valence-electron chi connectivity index (χ3n) is 4.62. The number of fused-ring (bicyclic) bond motifs is 1. The molecule has 0 amide bonds. The maximum atomic E-state index is 12.0. The number of nitrogens with one attached hydrogen (secondary N) is 2. The molecule has 1 aromatic heterocycles. The summed E-state index contributed by atoms with van der Waals surface area (Å²) in [7, 11) is 0. The monoisotopic (exact) mass is 286 g/mol. The number of piperazine rings is 1. The molecule has 2 heterocycles. The van der Waals surface area contributed by atoms with Gasteiger partial charge in [0, 0.05) is 38.8 Å². The van der Waals surface area contributed by atoms with Crippen LogP contribution in [0.15, 0.2) is 23.0 Å². The lowest BCUT2D eigenvalue weighted by Crippen LogP contribution is -2.44. The van der Waals surface area contributed by atoms with Crippen LogP contribution >= 0.6 is 0 Å². The minimum absolute atomic E-state index is 0.0479. The fraction of sp³-hybridized carbons (Fsp3) is 0.562. The average Bonchev–Trinajstić information content (AvgIpc) is 3.28. The Bertz CT molecular complexity index is 692. The van der Waals surface area contributed by atoms with Gasteiger partial charge >= 0.3 is 5.69 Å². The van der Waals surface area contributed by atoms with Crippen LogP contribution in [0.25, 0.3) is 11.0 Å². The predicted octanol–water partition coefficient (Wildman–Crippen LogP) is 1.11. The first-order valence-electron chi connectivity index (χ1n) is 7.97. The Kier molecular flexibility index (Phi) is 3.31. The van der Waals surface area contributed by atoms with Crippen molar-refractivity contribution in [1.29, 1.82) is 0 Å². The molecule has 21 heavy (non-hydrogen) atoms. The van der Waals surface area contributed by atoms with Gasteiger partial charge < -0.3 is 15.2 Å². The van der Waals surface area contributed by atoms with Gasteiger partial charge in [-0.1, -0.05) is 6.07 Å². The van der Waals surface area contributed by atoms with Crippen LogP contribution in [0.2, 0.25) is 0 Å². The van der Waals surface area contributed by atoms with Crippen molar-refractivity contribution in [2.24, 2.45) is 0 Å². The van der Waals surface area contributed by atoms with Gasteiger partial charge in [0.1, 0.15) is 0 Å². The van der Waals surface area contributed by atoms with Crippen LogP contribution in [0.4, 0.5) is 0 Å². The molecule has 0 radical (unpaired) electrons. The molecule has 112 valence electrons. The Balaban J connectivity index is 1.52. The van der Waals surface area contributed by atoms with E-state index < -0.39 is 0 Å². The van der Waals surface area contributed by atoms with Crippen molar-refractivity contribution < 1.29 is 0 Å². The van der Waals surface area contributed by atoms with Gasteiger partial charge in [-0.25, -0.2) is 4.79 Å². The number of aromatic amines is 1. The Morgan fingerprint density at radius 2 is 2.00 bits per heavy atom. The molecule has 2 N–H and O–H groups in total. The molecule has 0 bridgehead atoms. The van der Waals surface area contributed by atoms with Gasteiger partial charge in [-0.05, 0) is 37.0 Å². The lowest BCUT2D eigenvalue weighted by atomic mass is 10.1. The summed E-state index contributed by atoms with van der Waals surface area (Å²) in [6, 6.07) is 6.87. The molecule has 5 heteroatoms. The van der Waals surface area contributed by atoms with Gasteiger partial charge in [0.15, 0.2) is 0 Å². The second kappa shape index (κ2) is 5.31. The maximum Gasteiger partial charge on any atom is 0.326 e. The van der Waals surface area contributed by atoms with E-state index in [-0.39, 0.29) is 5.69 Å². The second-order valence-corrected chi connectivity index (χ2v) is 6.22. The SMILES string of the molecule is O=c1[nH]c2cc(CCN3CCNCC3)ccc2n1C1CC1. The van der Waals surface area contributed by atoms with Crippen molar-refractivity contribution in [2.45, 2.75) is 25.3 Å². The normalized spacial score (nSPS) is 20.2. The van der Waals surface area contributed by atoms with Crippen molar-refractivity contribution in [1.82, 2.24) is 19.8 Å². The number of hydrogen-bond donors (Lipinski definition) is 2. The van der Waals surface area contributed by atoms with Crippen LogP contribution in [0.3, 0.4) is 0 Å². The summed E-state index contributed by atoms with van der Waals surface area (Å²) in [6.07, 6.45) is 3.32. The second-order valence-electron chi connectivity index (χ2n) is 6.22. The number of H-pyrrole nitrogens is 1. The predicted molar refractivity (Wildman–Crippen MR) is 83.8 cm³/mol. The van der Waals surface area contributed by atoms with Gasteiger partial charge in [0.05, 0.1) is 11.0 Å². The summed E-state index contributed by atoms with van der Waals surface area (Å²) in [6.45, 7) is 5.56. The van der Waals surface area contributed by atoms with Crippen molar-refractivity contribution >= 4 is 11.0 Å². The van der Waals surface area contributed by atoms with Crippen LogP contribution < -0.4 is 11.0 Å². The van der Waals surface area contributed by atoms with E-state index in [1.165, 1.54) is 5.56 Å². The van der Waals surface area contributed by atoms with E-state index in [0.717, 1.165) is 63.0 Å². The third kappa shape index (κ3) is 2.63. The number of nitrogens with zero attached hydrogens (tertiary/aromatic N) is 2. The van der Waals surface area contributed by atoms with E-state index in [1.54, 1.807) is 0 Å². The minimum atomic E-state index is 0.0479. The zero-order valence-corrected chi connectivity index (χ0v) is 12.3. The average molecular weight is 286 g/mol. The minimum Gasteiger partial charge on any atom is -0.314 e. The first-order valence-corrected chi connectivity index (χ1v) is 7.97.